The molecule has 2 N–H and O–H groups in total. The predicted molar refractivity (Wildman–Crippen MR) is 79.3 cm³/mol. The van der Waals surface area contributed by atoms with Crippen LogP contribution in [0, 0.1) is 5.92 Å². The molecule has 20 heavy (non-hydrogen) atoms. The summed E-state index contributed by atoms with van der Waals surface area (Å²) in [5.41, 5.74) is 2.14. The smallest absolute Gasteiger partial charge is 0.308 e. The highest BCUT2D eigenvalue weighted by Gasteiger charge is 2.24. The maximum Gasteiger partial charge on any atom is 0.308 e. The van der Waals surface area contributed by atoms with Crippen LogP contribution in [0.15, 0.2) is 60.7 Å². The maximum atomic E-state index is 11.3. The zero-order chi connectivity index (χ0) is 14.4. The topological polar surface area (TPSA) is 49.3 Å². The number of carbonyl (C=O) groups is 1. The molecular formula is C17H19NO2. The van der Waals surface area contributed by atoms with Crippen LogP contribution in [0.4, 0.5) is 0 Å². The zero-order valence-electron chi connectivity index (χ0n) is 11.5. The van der Waals surface area contributed by atoms with Crippen LogP contribution in [0.25, 0.3) is 0 Å². The van der Waals surface area contributed by atoms with Crippen molar-refractivity contribution in [3.05, 3.63) is 71.8 Å². The minimum Gasteiger partial charge on any atom is -0.481 e. The lowest BCUT2D eigenvalue weighted by atomic mass is 9.94. The van der Waals surface area contributed by atoms with Crippen molar-refractivity contribution in [3.63, 3.8) is 0 Å². The summed E-state index contributed by atoms with van der Waals surface area (Å²) >= 11 is 0. The van der Waals surface area contributed by atoms with Gasteiger partial charge in [-0.05, 0) is 11.1 Å². The minimum atomic E-state index is -0.792. The molecule has 0 unspecified atom stereocenters. The number of rotatable bonds is 6. The highest BCUT2D eigenvalue weighted by molar-refractivity contribution is 5.70. The molecule has 0 amide bonds. The maximum absolute atomic E-state index is 11.3. The lowest BCUT2D eigenvalue weighted by Gasteiger charge is -2.23. The second kappa shape index (κ2) is 6.87. The van der Waals surface area contributed by atoms with E-state index in [0.717, 1.165) is 11.1 Å². The predicted octanol–water partition coefficient (Wildman–Crippen LogP) is 3.24. The van der Waals surface area contributed by atoms with Crippen molar-refractivity contribution in [1.29, 1.82) is 0 Å². The van der Waals surface area contributed by atoms with Crippen molar-refractivity contribution < 1.29 is 9.90 Å². The Morgan fingerprint density at radius 2 is 1.60 bits per heavy atom. The molecule has 2 aromatic rings. The normalized spacial score (nSPS) is 13.7. The first-order valence-corrected chi connectivity index (χ1v) is 6.73. The summed E-state index contributed by atoms with van der Waals surface area (Å²) in [7, 11) is 0. The van der Waals surface area contributed by atoms with Gasteiger partial charge in [-0.3, -0.25) is 4.79 Å². The second-order valence-electron chi connectivity index (χ2n) is 4.88. The van der Waals surface area contributed by atoms with Crippen molar-refractivity contribution in [2.24, 2.45) is 5.92 Å². The van der Waals surface area contributed by atoms with Gasteiger partial charge in [-0.25, -0.2) is 0 Å². The van der Waals surface area contributed by atoms with Gasteiger partial charge in [-0.15, -0.1) is 0 Å². The van der Waals surface area contributed by atoms with Gasteiger partial charge >= 0.3 is 5.97 Å². The molecule has 0 saturated carbocycles. The van der Waals surface area contributed by atoms with Crippen LogP contribution >= 0.6 is 0 Å². The van der Waals surface area contributed by atoms with Crippen LogP contribution in [-0.2, 0) is 11.3 Å². The lowest BCUT2D eigenvalue weighted by molar-refractivity contribution is -0.142. The number of carboxylic acid groups (broad SMARTS) is 1. The Bertz CT molecular complexity index is 539. The summed E-state index contributed by atoms with van der Waals surface area (Å²) < 4.78 is 0. The molecule has 0 aliphatic rings. The summed E-state index contributed by atoms with van der Waals surface area (Å²) in [5, 5.41) is 12.6. The van der Waals surface area contributed by atoms with Crippen LogP contribution in [0.2, 0.25) is 0 Å². The molecule has 0 aromatic heterocycles. The molecule has 3 nitrogen and oxygen atoms in total. The third-order valence-corrected chi connectivity index (χ3v) is 3.42. The van der Waals surface area contributed by atoms with E-state index in [1.807, 2.05) is 60.7 Å². The Balaban J connectivity index is 2.13. The van der Waals surface area contributed by atoms with Gasteiger partial charge in [-0.1, -0.05) is 67.6 Å². The molecule has 0 saturated heterocycles. The van der Waals surface area contributed by atoms with Gasteiger partial charge < -0.3 is 10.4 Å². The highest BCUT2D eigenvalue weighted by Crippen LogP contribution is 2.22. The van der Waals surface area contributed by atoms with E-state index in [-0.39, 0.29) is 6.04 Å². The largest absolute Gasteiger partial charge is 0.481 e. The summed E-state index contributed by atoms with van der Waals surface area (Å²) in [6, 6.07) is 19.5. The SMILES string of the molecule is C[C@H](C(=O)O)[C@@H](NCc1ccccc1)c1ccccc1. The van der Waals surface area contributed by atoms with Crippen molar-refractivity contribution in [2.45, 2.75) is 19.5 Å². The van der Waals surface area contributed by atoms with Crippen LogP contribution < -0.4 is 5.32 Å². The van der Waals surface area contributed by atoms with E-state index < -0.39 is 11.9 Å². The molecule has 2 atom stereocenters. The molecule has 104 valence electrons. The molecule has 0 aliphatic heterocycles. The zero-order valence-corrected chi connectivity index (χ0v) is 11.5. The van der Waals surface area contributed by atoms with Crippen LogP contribution in [0.1, 0.15) is 24.1 Å². The third-order valence-electron chi connectivity index (χ3n) is 3.42. The third kappa shape index (κ3) is 3.68. The molecule has 3 heteroatoms. The Kier molecular flexibility index (Phi) is 4.91. The average molecular weight is 269 g/mol. The first kappa shape index (κ1) is 14.3. The Morgan fingerprint density at radius 3 is 2.15 bits per heavy atom. The van der Waals surface area contributed by atoms with Gasteiger partial charge in [0, 0.05) is 12.6 Å². The Labute approximate surface area is 119 Å². The van der Waals surface area contributed by atoms with E-state index in [1.165, 1.54) is 0 Å². The van der Waals surface area contributed by atoms with Crippen molar-refractivity contribution in [1.82, 2.24) is 5.32 Å². The fourth-order valence-electron chi connectivity index (χ4n) is 2.21. The Hall–Kier alpha value is -2.13. The molecule has 0 heterocycles. The van der Waals surface area contributed by atoms with E-state index in [4.69, 9.17) is 0 Å². The number of aliphatic carboxylic acids is 1. The molecular weight excluding hydrogens is 250 g/mol. The number of nitrogens with one attached hydrogen (secondary N) is 1. The fourth-order valence-corrected chi connectivity index (χ4v) is 2.21. The van der Waals surface area contributed by atoms with Gasteiger partial charge in [0.25, 0.3) is 0 Å². The van der Waals surface area contributed by atoms with E-state index in [1.54, 1.807) is 6.92 Å². The quantitative estimate of drug-likeness (QED) is 0.846. The van der Waals surface area contributed by atoms with E-state index in [9.17, 15) is 9.90 Å². The van der Waals surface area contributed by atoms with Gasteiger partial charge in [0.05, 0.1) is 5.92 Å². The van der Waals surface area contributed by atoms with E-state index >= 15 is 0 Å². The van der Waals surface area contributed by atoms with E-state index in [0.29, 0.717) is 6.54 Å². The molecule has 0 aliphatic carbocycles. The first-order chi connectivity index (χ1) is 9.68. The van der Waals surface area contributed by atoms with Crippen LogP contribution in [0.3, 0.4) is 0 Å². The molecule has 0 spiro atoms. The van der Waals surface area contributed by atoms with Gasteiger partial charge in [0.1, 0.15) is 0 Å². The standard InChI is InChI=1S/C17H19NO2/c1-13(17(19)20)16(15-10-6-3-7-11-15)18-12-14-8-4-2-5-9-14/h2-11,13,16,18H,12H2,1H3,(H,19,20)/t13-,16+/m0/s1. The van der Waals surface area contributed by atoms with Crippen molar-refractivity contribution >= 4 is 5.97 Å². The van der Waals surface area contributed by atoms with Crippen molar-refractivity contribution in [3.8, 4) is 0 Å². The number of carboxylic acids is 1. The summed E-state index contributed by atoms with van der Waals surface area (Å²) in [4.78, 5) is 11.3. The molecule has 0 radical (unpaired) electrons. The summed E-state index contributed by atoms with van der Waals surface area (Å²) in [6.45, 7) is 2.38. The van der Waals surface area contributed by atoms with Gasteiger partial charge in [-0.2, -0.15) is 0 Å². The monoisotopic (exact) mass is 269 g/mol. The number of benzene rings is 2. The minimum absolute atomic E-state index is 0.200. The van der Waals surface area contributed by atoms with Crippen molar-refractivity contribution in [2.75, 3.05) is 0 Å². The van der Waals surface area contributed by atoms with Crippen LogP contribution in [-0.4, -0.2) is 11.1 Å². The molecule has 2 rings (SSSR count). The average Bonchev–Trinajstić information content (AvgIpc) is 2.49. The fraction of sp³-hybridized carbons (Fsp3) is 0.235. The Morgan fingerprint density at radius 1 is 1.05 bits per heavy atom. The second-order valence-corrected chi connectivity index (χ2v) is 4.88. The number of hydrogen-bond donors (Lipinski definition) is 2. The van der Waals surface area contributed by atoms with Crippen LogP contribution in [0.5, 0.6) is 0 Å². The first-order valence-electron chi connectivity index (χ1n) is 6.73. The molecule has 2 aromatic carbocycles. The van der Waals surface area contributed by atoms with Gasteiger partial charge in [0.15, 0.2) is 0 Å². The number of hydrogen-bond acceptors (Lipinski definition) is 2. The van der Waals surface area contributed by atoms with E-state index in [2.05, 4.69) is 5.32 Å². The highest BCUT2D eigenvalue weighted by atomic mass is 16.4. The summed E-state index contributed by atoms with van der Waals surface area (Å²) in [6.07, 6.45) is 0. The molecule has 0 bridgehead atoms. The molecule has 0 fully saturated rings. The van der Waals surface area contributed by atoms with Gasteiger partial charge in [0.2, 0.25) is 0 Å². The lowest BCUT2D eigenvalue weighted by Crippen LogP contribution is -2.31. The summed E-state index contributed by atoms with van der Waals surface area (Å²) in [5.74, 6) is -1.28.